The number of nitrogens with zero attached hydrogens (tertiary/aromatic N) is 5. The van der Waals surface area contributed by atoms with Gasteiger partial charge in [-0.2, -0.15) is 4.98 Å². The van der Waals surface area contributed by atoms with Crippen molar-refractivity contribution < 1.29 is 19.1 Å². The van der Waals surface area contributed by atoms with Gasteiger partial charge in [0.2, 0.25) is 11.7 Å². The molecule has 10 heteroatoms. The molecule has 38 heavy (non-hydrogen) atoms. The Bertz CT molecular complexity index is 1530. The van der Waals surface area contributed by atoms with Gasteiger partial charge in [0.1, 0.15) is 23.9 Å². The molecule has 0 radical (unpaired) electrons. The first-order valence-corrected chi connectivity index (χ1v) is 16.2. The molecule has 3 aromatic heterocycles. The Morgan fingerprint density at radius 3 is 2.50 bits per heavy atom. The Kier molecular flexibility index (Phi) is 7.37. The number of hydrogen-bond donors (Lipinski definition) is 1. The molecule has 0 spiro atoms. The van der Waals surface area contributed by atoms with Gasteiger partial charge in [-0.05, 0) is 48.5 Å². The highest BCUT2D eigenvalue weighted by Crippen LogP contribution is 2.33. The number of fused-ring (bicyclic) bond motifs is 1. The lowest BCUT2D eigenvalue weighted by molar-refractivity contribution is 0.0909. The summed E-state index contributed by atoms with van der Waals surface area (Å²) < 4.78 is 19.4. The van der Waals surface area contributed by atoms with E-state index in [0.717, 1.165) is 28.3 Å². The van der Waals surface area contributed by atoms with Gasteiger partial charge in [0.25, 0.3) is 0 Å². The van der Waals surface area contributed by atoms with Crippen molar-refractivity contribution in [1.82, 2.24) is 24.7 Å². The van der Waals surface area contributed by atoms with E-state index in [1.54, 1.807) is 13.1 Å². The zero-order valence-corrected chi connectivity index (χ0v) is 23.0. The van der Waals surface area contributed by atoms with Crippen molar-refractivity contribution in [3.05, 3.63) is 72.2 Å². The van der Waals surface area contributed by atoms with E-state index in [9.17, 15) is 5.11 Å². The number of imidazole rings is 1. The molecule has 196 valence electrons. The molecule has 3 heterocycles. The van der Waals surface area contributed by atoms with Gasteiger partial charge >= 0.3 is 0 Å². The summed E-state index contributed by atoms with van der Waals surface area (Å²) >= 11 is 0. The lowest BCUT2D eigenvalue weighted by atomic mass is 10.1. The Labute approximate surface area is 222 Å². The van der Waals surface area contributed by atoms with Crippen LogP contribution in [0.1, 0.15) is 11.5 Å². The smallest absolute Gasteiger partial charge is 0.223 e. The number of pyridine rings is 1. The van der Waals surface area contributed by atoms with Crippen LogP contribution < -0.4 is 4.74 Å². The largest absolute Gasteiger partial charge is 0.457 e. The number of hydrogen-bond acceptors (Lipinski definition) is 8. The van der Waals surface area contributed by atoms with E-state index < -0.39 is 8.07 Å². The van der Waals surface area contributed by atoms with Crippen molar-refractivity contribution >= 4 is 19.1 Å². The van der Waals surface area contributed by atoms with Crippen molar-refractivity contribution in [2.45, 2.75) is 45.9 Å². The fraction of sp³-hybridized carbons (Fsp3) is 0.286. The lowest BCUT2D eigenvalue weighted by Gasteiger charge is -2.16. The van der Waals surface area contributed by atoms with E-state index in [4.69, 9.17) is 19.0 Å². The third-order valence-corrected chi connectivity index (χ3v) is 7.78. The third-order valence-electron chi connectivity index (χ3n) is 6.08. The molecule has 1 N–H and O–H groups in total. The minimum absolute atomic E-state index is 0.190. The molecule has 2 aromatic carbocycles. The molecule has 0 aliphatic rings. The van der Waals surface area contributed by atoms with Crippen molar-refractivity contribution in [2.75, 3.05) is 6.61 Å². The van der Waals surface area contributed by atoms with Gasteiger partial charge in [0.05, 0.1) is 17.6 Å². The maximum absolute atomic E-state index is 10.1. The summed E-state index contributed by atoms with van der Waals surface area (Å²) in [6, 6.07) is 18.0. The fourth-order valence-corrected chi connectivity index (χ4v) is 4.74. The van der Waals surface area contributed by atoms with Gasteiger partial charge < -0.3 is 19.1 Å². The monoisotopic (exact) mass is 529 g/mol. The number of aromatic nitrogens is 5. The van der Waals surface area contributed by atoms with Crippen molar-refractivity contribution in [3.8, 4) is 34.4 Å². The van der Waals surface area contributed by atoms with Crippen LogP contribution in [0.3, 0.4) is 0 Å². The quantitative estimate of drug-likeness (QED) is 0.172. The summed E-state index contributed by atoms with van der Waals surface area (Å²) in [5, 5.41) is 14.1. The molecule has 9 nitrogen and oxygen atoms in total. The lowest BCUT2D eigenvalue weighted by Crippen LogP contribution is -2.22. The molecule has 0 fully saturated rings. The summed E-state index contributed by atoms with van der Waals surface area (Å²) in [5.41, 5.74) is 3.77. The molecule has 0 saturated heterocycles. The average Bonchev–Trinajstić information content (AvgIpc) is 3.50. The molecule has 0 amide bonds. The Morgan fingerprint density at radius 2 is 1.84 bits per heavy atom. The molecular weight excluding hydrogens is 498 g/mol. The summed E-state index contributed by atoms with van der Waals surface area (Å²) in [4.78, 5) is 13.6. The van der Waals surface area contributed by atoms with E-state index in [2.05, 4.69) is 34.8 Å². The van der Waals surface area contributed by atoms with Crippen LogP contribution in [0.5, 0.6) is 11.5 Å². The van der Waals surface area contributed by atoms with Crippen LogP contribution in [-0.2, 0) is 18.1 Å². The average molecular weight is 530 g/mol. The second-order valence-electron chi connectivity index (χ2n) is 10.3. The van der Waals surface area contributed by atoms with Gasteiger partial charge in [-0.3, -0.25) is 9.55 Å². The van der Waals surface area contributed by atoms with Crippen LogP contribution in [-0.4, -0.2) is 44.5 Å². The Balaban J connectivity index is 1.48. The van der Waals surface area contributed by atoms with E-state index in [0.29, 0.717) is 47.9 Å². The second kappa shape index (κ2) is 10.9. The first kappa shape index (κ1) is 25.8. The highest BCUT2D eigenvalue weighted by Gasteiger charge is 2.18. The number of benzene rings is 2. The molecule has 5 rings (SSSR count). The minimum Gasteiger partial charge on any atom is -0.457 e. The van der Waals surface area contributed by atoms with Gasteiger partial charge in [-0.1, -0.05) is 30.9 Å². The molecule has 0 bridgehead atoms. The number of aliphatic hydroxyl groups is 1. The van der Waals surface area contributed by atoms with Crippen LogP contribution in [0.25, 0.3) is 33.9 Å². The van der Waals surface area contributed by atoms with Crippen LogP contribution in [0.15, 0.2) is 65.3 Å². The number of ether oxygens (including phenoxy) is 2. The standard InChI is InChI=1S/C28H31N5O4Si/c1-19-30-27(32-37-19)20-8-10-22(11-9-20)36-26-16-25-24(15-21(26)17-34)31-28(23-7-5-6-12-29-23)33(25)18-35-13-14-38(2,3)4/h5-12,15-16,34H,13-14,17-18H2,1-4H3. The van der Waals surface area contributed by atoms with Crippen molar-refractivity contribution in [3.63, 3.8) is 0 Å². The van der Waals surface area contributed by atoms with E-state index in [-0.39, 0.29) is 6.61 Å². The zero-order valence-electron chi connectivity index (χ0n) is 22.0. The molecular formula is C28H31N5O4Si. The summed E-state index contributed by atoms with van der Waals surface area (Å²) in [6.45, 7) is 9.57. The molecule has 0 atom stereocenters. The van der Waals surface area contributed by atoms with Crippen LogP contribution >= 0.6 is 0 Å². The van der Waals surface area contributed by atoms with E-state index >= 15 is 0 Å². The van der Waals surface area contributed by atoms with Gasteiger partial charge in [0, 0.05) is 45.0 Å². The predicted octanol–water partition coefficient (Wildman–Crippen LogP) is 6.05. The minimum atomic E-state index is -1.22. The van der Waals surface area contributed by atoms with Crippen LogP contribution in [0.2, 0.25) is 25.7 Å². The van der Waals surface area contributed by atoms with Crippen molar-refractivity contribution in [1.29, 1.82) is 0 Å². The SMILES string of the molecule is Cc1nc(-c2ccc(Oc3cc4c(cc3CO)nc(-c3ccccn3)n4COCC[Si](C)(C)C)cc2)no1. The number of aliphatic hydroxyl groups excluding tert-OH is 1. The second-order valence-corrected chi connectivity index (χ2v) is 15.9. The van der Waals surface area contributed by atoms with Gasteiger partial charge in [-0.25, -0.2) is 4.98 Å². The molecule has 0 aliphatic carbocycles. The Morgan fingerprint density at radius 1 is 1.03 bits per heavy atom. The maximum atomic E-state index is 10.1. The number of rotatable bonds is 10. The van der Waals surface area contributed by atoms with Gasteiger partial charge in [0.15, 0.2) is 5.82 Å². The van der Waals surface area contributed by atoms with Crippen LogP contribution in [0, 0.1) is 6.92 Å². The topological polar surface area (TPSA) is 108 Å². The molecule has 0 aliphatic heterocycles. The molecule has 0 unspecified atom stereocenters. The van der Waals surface area contributed by atoms with E-state index in [1.807, 2.05) is 59.2 Å². The fourth-order valence-electron chi connectivity index (χ4n) is 3.98. The van der Waals surface area contributed by atoms with Crippen LogP contribution in [0.4, 0.5) is 0 Å². The summed E-state index contributed by atoms with van der Waals surface area (Å²) in [5.74, 6) is 2.89. The predicted molar refractivity (Wildman–Crippen MR) is 148 cm³/mol. The normalized spacial score (nSPS) is 11.8. The van der Waals surface area contributed by atoms with Gasteiger partial charge in [-0.15, -0.1) is 0 Å². The third kappa shape index (κ3) is 5.82. The highest BCUT2D eigenvalue weighted by atomic mass is 28.3. The first-order chi connectivity index (χ1) is 18.3. The summed E-state index contributed by atoms with van der Waals surface area (Å²) in [6.07, 6.45) is 1.75. The summed E-state index contributed by atoms with van der Waals surface area (Å²) in [7, 11) is -1.22. The number of aryl methyl sites for hydroxylation is 1. The van der Waals surface area contributed by atoms with E-state index in [1.165, 1.54) is 0 Å². The first-order valence-electron chi connectivity index (χ1n) is 12.5. The zero-order chi connectivity index (χ0) is 26.7. The molecule has 5 aromatic rings. The maximum Gasteiger partial charge on any atom is 0.223 e. The molecule has 0 saturated carbocycles. The highest BCUT2D eigenvalue weighted by molar-refractivity contribution is 6.76. The van der Waals surface area contributed by atoms with Crippen molar-refractivity contribution in [2.24, 2.45) is 0 Å². The Hall–Kier alpha value is -3.86.